The van der Waals surface area contributed by atoms with E-state index in [0.717, 1.165) is 9.87 Å². The molecule has 3 rings (SSSR count). The van der Waals surface area contributed by atoms with Crippen molar-refractivity contribution in [2.24, 2.45) is 0 Å². The quantitative estimate of drug-likeness (QED) is 0.494. The van der Waals surface area contributed by atoms with Crippen LogP contribution >= 0.6 is 0 Å². The van der Waals surface area contributed by atoms with Crippen LogP contribution in [-0.2, 0) is 14.8 Å². The maximum Gasteiger partial charge on any atom is 0.387 e. The maximum absolute atomic E-state index is 12.8. The number of amides is 1. The van der Waals surface area contributed by atoms with Crippen LogP contribution in [0.25, 0.3) is 0 Å². The minimum absolute atomic E-state index is 0.0197. The molecule has 3 aromatic carbocycles. The molecule has 0 saturated heterocycles. The van der Waals surface area contributed by atoms with Crippen molar-refractivity contribution in [3.8, 4) is 11.5 Å². The fraction of sp³-hybridized carbons (Fsp3) is 0.174. The van der Waals surface area contributed by atoms with E-state index in [9.17, 15) is 22.0 Å². The Morgan fingerprint density at radius 2 is 1.52 bits per heavy atom. The largest absolute Gasteiger partial charge is 0.484 e. The fourth-order valence-electron chi connectivity index (χ4n) is 2.83. The summed E-state index contributed by atoms with van der Waals surface area (Å²) in [5, 5.41) is 2.57. The van der Waals surface area contributed by atoms with Gasteiger partial charge in [-0.05, 0) is 67.6 Å². The van der Waals surface area contributed by atoms with Gasteiger partial charge in [0.1, 0.15) is 11.5 Å². The van der Waals surface area contributed by atoms with Gasteiger partial charge in [0.05, 0.1) is 10.6 Å². The van der Waals surface area contributed by atoms with Gasteiger partial charge in [-0.3, -0.25) is 9.10 Å². The van der Waals surface area contributed by atoms with Crippen molar-refractivity contribution >= 4 is 27.3 Å². The van der Waals surface area contributed by atoms with Crippen molar-refractivity contribution in [2.75, 3.05) is 23.3 Å². The molecule has 0 unspecified atom stereocenters. The molecule has 33 heavy (non-hydrogen) atoms. The molecule has 0 aliphatic heterocycles. The number of nitrogens with one attached hydrogen (secondary N) is 1. The van der Waals surface area contributed by atoms with Gasteiger partial charge in [-0.15, -0.1) is 0 Å². The van der Waals surface area contributed by atoms with Gasteiger partial charge in [-0.1, -0.05) is 17.7 Å². The molecule has 0 aliphatic rings. The zero-order valence-corrected chi connectivity index (χ0v) is 18.7. The van der Waals surface area contributed by atoms with Crippen molar-refractivity contribution in [1.82, 2.24) is 0 Å². The van der Waals surface area contributed by atoms with Crippen LogP contribution in [0.5, 0.6) is 11.5 Å². The van der Waals surface area contributed by atoms with Crippen LogP contribution in [-0.4, -0.2) is 34.6 Å². The number of sulfonamides is 1. The van der Waals surface area contributed by atoms with Crippen LogP contribution in [0.15, 0.2) is 77.7 Å². The molecule has 3 aromatic rings. The second-order valence-electron chi connectivity index (χ2n) is 7.02. The zero-order valence-electron chi connectivity index (χ0n) is 17.9. The molecule has 0 bridgehead atoms. The third kappa shape index (κ3) is 6.42. The lowest BCUT2D eigenvalue weighted by molar-refractivity contribution is -0.118. The van der Waals surface area contributed by atoms with Gasteiger partial charge < -0.3 is 14.8 Å². The number of carbonyl (C=O) groups is 1. The summed E-state index contributed by atoms with van der Waals surface area (Å²) in [5.41, 5.74) is 1.78. The summed E-state index contributed by atoms with van der Waals surface area (Å²) in [7, 11) is -2.26. The molecule has 0 heterocycles. The van der Waals surface area contributed by atoms with Crippen LogP contribution in [0.3, 0.4) is 0 Å². The SMILES string of the molecule is Cc1ccc(S(=O)(=O)N(C)c2ccc(OCC(=O)Nc3ccc(OC(F)F)cc3)cc2)cc1. The van der Waals surface area contributed by atoms with Crippen LogP contribution < -0.4 is 19.1 Å². The number of hydrogen-bond acceptors (Lipinski definition) is 5. The summed E-state index contributed by atoms with van der Waals surface area (Å²) in [4.78, 5) is 12.2. The van der Waals surface area contributed by atoms with Crippen LogP contribution in [0, 0.1) is 6.92 Å². The summed E-state index contributed by atoms with van der Waals surface area (Å²) in [6.45, 7) is -1.35. The van der Waals surface area contributed by atoms with Crippen molar-refractivity contribution in [1.29, 1.82) is 0 Å². The van der Waals surface area contributed by atoms with E-state index in [4.69, 9.17) is 4.74 Å². The highest BCUT2D eigenvalue weighted by molar-refractivity contribution is 7.92. The van der Waals surface area contributed by atoms with E-state index in [1.54, 1.807) is 48.5 Å². The van der Waals surface area contributed by atoms with Crippen molar-refractivity contribution < 1.29 is 31.5 Å². The maximum atomic E-state index is 12.8. The molecule has 10 heteroatoms. The number of alkyl halides is 2. The van der Waals surface area contributed by atoms with Crippen molar-refractivity contribution in [3.05, 3.63) is 78.4 Å². The fourth-order valence-corrected chi connectivity index (χ4v) is 4.02. The number of carbonyl (C=O) groups excluding carboxylic acids is 1. The third-order valence-electron chi connectivity index (χ3n) is 4.61. The van der Waals surface area contributed by atoms with Gasteiger partial charge in [0.15, 0.2) is 6.61 Å². The molecule has 0 spiro atoms. The summed E-state index contributed by atoms with van der Waals surface area (Å²) < 4.78 is 60.8. The summed E-state index contributed by atoms with van der Waals surface area (Å²) in [6.07, 6.45) is 0. The number of halogens is 2. The topological polar surface area (TPSA) is 84.9 Å². The summed E-state index contributed by atoms with van der Waals surface area (Å²) in [5.74, 6) is -0.106. The standard InChI is InChI=1S/C23H22F2N2O5S/c1-16-3-13-21(14-4-16)33(29,30)27(2)18-7-11-19(12-8-18)31-15-22(28)26-17-5-9-20(10-6-17)32-23(24)25/h3-14,23H,15H2,1-2H3,(H,26,28). The monoisotopic (exact) mass is 476 g/mol. The molecule has 0 atom stereocenters. The molecule has 0 aromatic heterocycles. The number of rotatable bonds is 9. The first kappa shape index (κ1) is 24.0. The van der Waals surface area contributed by atoms with Crippen LogP contribution in [0.4, 0.5) is 20.2 Å². The third-order valence-corrected chi connectivity index (χ3v) is 6.41. The number of hydrogen-bond donors (Lipinski definition) is 1. The van der Waals surface area contributed by atoms with Gasteiger partial charge in [0.2, 0.25) is 0 Å². The van der Waals surface area contributed by atoms with E-state index in [-0.39, 0.29) is 17.3 Å². The number of ether oxygens (including phenoxy) is 2. The van der Waals surface area contributed by atoms with E-state index in [0.29, 0.717) is 17.1 Å². The first-order valence-electron chi connectivity index (χ1n) is 9.78. The van der Waals surface area contributed by atoms with Crippen LogP contribution in [0.1, 0.15) is 5.56 Å². The minimum atomic E-state index is -3.71. The molecule has 7 nitrogen and oxygen atoms in total. The van der Waals surface area contributed by atoms with E-state index in [2.05, 4.69) is 10.1 Å². The van der Waals surface area contributed by atoms with Crippen molar-refractivity contribution in [3.63, 3.8) is 0 Å². The molecule has 0 saturated carbocycles. The van der Waals surface area contributed by atoms with E-state index >= 15 is 0 Å². The van der Waals surface area contributed by atoms with Crippen molar-refractivity contribution in [2.45, 2.75) is 18.4 Å². The molecule has 1 amide bonds. The molecule has 174 valence electrons. The van der Waals surface area contributed by atoms with E-state index < -0.39 is 22.5 Å². The normalized spacial score (nSPS) is 11.2. The first-order valence-corrected chi connectivity index (χ1v) is 11.2. The average Bonchev–Trinajstić information content (AvgIpc) is 2.79. The highest BCUT2D eigenvalue weighted by Gasteiger charge is 2.21. The Morgan fingerprint density at radius 1 is 0.939 bits per heavy atom. The van der Waals surface area contributed by atoms with E-state index in [1.807, 2.05) is 6.92 Å². The average molecular weight is 477 g/mol. The zero-order chi connectivity index (χ0) is 24.0. The summed E-state index contributed by atoms with van der Waals surface area (Å²) in [6, 6.07) is 18.3. The lowest BCUT2D eigenvalue weighted by atomic mass is 10.2. The molecular formula is C23H22F2N2O5S. The minimum Gasteiger partial charge on any atom is -0.484 e. The first-order chi connectivity index (χ1) is 15.6. The molecule has 0 aliphatic carbocycles. The van der Waals surface area contributed by atoms with Crippen LogP contribution in [0.2, 0.25) is 0 Å². The van der Waals surface area contributed by atoms with Gasteiger partial charge >= 0.3 is 6.61 Å². The second kappa shape index (κ2) is 10.3. The number of anilines is 2. The Kier molecular flexibility index (Phi) is 7.49. The molecule has 0 fully saturated rings. The summed E-state index contributed by atoms with van der Waals surface area (Å²) >= 11 is 0. The van der Waals surface area contributed by atoms with Gasteiger partial charge in [0, 0.05) is 12.7 Å². The predicted octanol–water partition coefficient (Wildman–Crippen LogP) is 4.44. The van der Waals surface area contributed by atoms with Gasteiger partial charge in [-0.25, -0.2) is 8.42 Å². The Labute approximate surface area is 190 Å². The lowest BCUT2D eigenvalue weighted by Crippen LogP contribution is -2.26. The predicted molar refractivity (Wildman–Crippen MR) is 120 cm³/mol. The lowest BCUT2D eigenvalue weighted by Gasteiger charge is -2.20. The van der Waals surface area contributed by atoms with Gasteiger partial charge in [-0.2, -0.15) is 8.78 Å². The highest BCUT2D eigenvalue weighted by atomic mass is 32.2. The van der Waals surface area contributed by atoms with E-state index in [1.165, 1.54) is 31.3 Å². The number of benzene rings is 3. The smallest absolute Gasteiger partial charge is 0.387 e. The number of aryl methyl sites for hydroxylation is 1. The molecule has 0 radical (unpaired) electrons. The highest BCUT2D eigenvalue weighted by Crippen LogP contribution is 2.25. The molecule has 1 N–H and O–H groups in total. The Bertz CT molecular complexity index is 1180. The Hall–Kier alpha value is -3.66. The Balaban J connectivity index is 1.55. The van der Waals surface area contributed by atoms with Gasteiger partial charge in [0.25, 0.3) is 15.9 Å². The Morgan fingerprint density at radius 3 is 2.09 bits per heavy atom. The number of nitrogens with zero attached hydrogens (tertiary/aromatic N) is 1. The second-order valence-corrected chi connectivity index (χ2v) is 8.99. The molecular weight excluding hydrogens is 454 g/mol.